The van der Waals surface area contributed by atoms with Crippen molar-refractivity contribution in [3.05, 3.63) is 57.5 Å². The Balaban J connectivity index is 2.02. The van der Waals surface area contributed by atoms with E-state index in [1.807, 2.05) is 0 Å². The Bertz CT molecular complexity index is 1030. The van der Waals surface area contributed by atoms with Gasteiger partial charge in [-0.2, -0.15) is 4.72 Å². The van der Waals surface area contributed by atoms with Gasteiger partial charge in [-0.25, -0.2) is 8.42 Å². The summed E-state index contributed by atoms with van der Waals surface area (Å²) < 4.78 is 32.3. The van der Waals surface area contributed by atoms with Gasteiger partial charge in [-0.3, -0.25) is 9.59 Å². The Labute approximate surface area is 189 Å². The molecule has 0 bridgehead atoms. The fourth-order valence-electron chi connectivity index (χ4n) is 2.32. The van der Waals surface area contributed by atoms with Crippen LogP contribution in [0.5, 0.6) is 0 Å². The number of amides is 1. The summed E-state index contributed by atoms with van der Waals surface area (Å²) in [7, 11) is -3.95. The molecule has 0 saturated carbocycles. The normalized spacial score (nSPS) is 12.5. The lowest BCUT2D eigenvalue weighted by atomic mass is 10.1. The average Bonchev–Trinajstić information content (AvgIpc) is 2.69. The Morgan fingerprint density at radius 2 is 1.60 bits per heavy atom. The Morgan fingerprint density at radius 3 is 2.20 bits per heavy atom. The topological polar surface area (TPSA) is 102 Å². The molecule has 7 nitrogen and oxygen atoms in total. The molecule has 2 aromatic rings. The molecule has 0 fully saturated rings. The third-order valence-electron chi connectivity index (χ3n) is 3.89. The minimum Gasteiger partial charge on any atom is -0.454 e. The summed E-state index contributed by atoms with van der Waals surface area (Å²) in [4.78, 5) is 24.5. The maximum absolute atomic E-state index is 12.5. The first-order chi connectivity index (χ1) is 14.0. The van der Waals surface area contributed by atoms with Crippen LogP contribution < -0.4 is 10.0 Å². The number of rotatable bonds is 8. The zero-order chi connectivity index (χ0) is 22.5. The molecule has 0 spiro atoms. The lowest BCUT2D eigenvalue weighted by Crippen LogP contribution is -2.45. The minimum atomic E-state index is -3.95. The van der Waals surface area contributed by atoms with Gasteiger partial charge in [0, 0.05) is 0 Å². The van der Waals surface area contributed by atoms with Crippen LogP contribution >= 0.6 is 34.8 Å². The molecule has 1 amide bonds. The van der Waals surface area contributed by atoms with E-state index in [1.165, 1.54) is 24.3 Å². The van der Waals surface area contributed by atoms with Crippen molar-refractivity contribution >= 4 is 62.4 Å². The number of hydrogen-bond donors (Lipinski definition) is 2. The van der Waals surface area contributed by atoms with Gasteiger partial charge in [0.05, 0.1) is 25.7 Å². The standard InChI is InChI=1S/C19H19Cl3N2O5S/c1-11(2)18(24-30(27,28)12-6-4-3-5-7-12)19(26)29-10-17(25)23-16-9-14(21)13(20)8-15(16)22/h3-9,11,18,24H,10H2,1-2H3,(H,23,25)/t18-/m0/s1. The summed E-state index contributed by atoms with van der Waals surface area (Å²) in [6.45, 7) is 2.65. The summed E-state index contributed by atoms with van der Waals surface area (Å²) in [5.41, 5.74) is 0.192. The molecular weight excluding hydrogens is 475 g/mol. The number of benzene rings is 2. The van der Waals surface area contributed by atoms with Gasteiger partial charge in [0.2, 0.25) is 10.0 Å². The molecule has 0 unspecified atom stereocenters. The summed E-state index contributed by atoms with van der Waals surface area (Å²) in [5, 5.41) is 3.00. The quantitative estimate of drug-likeness (QED) is 0.425. The molecule has 0 aliphatic rings. The number of halogens is 3. The summed E-state index contributed by atoms with van der Waals surface area (Å²) >= 11 is 17.7. The third-order valence-corrected chi connectivity index (χ3v) is 6.38. The van der Waals surface area contributed by atoms with Crippen molar-refractivity contribution in [2.24, 2.45) is 5.92 Å². The maximum Gasteiger partial charge on any atom is 0.324 e. The zero-order valence-electron chi connectivity index (χ0n) is 16.0. The Kier molecular flexibility index (Phi) is 8.52. The Hall–Kier alpha value is -1.84. The van der Waals surface area contributed by atoms with Gasteiger partial charge in [-0.05, 0) is 30.2 Å². The fourth-order valence-corrected chi connectivity index (χ4v) is 4.27. The molecule has 2 rings (SSSR count). The van der Waals surface area contributed by atoms with Crippen molar-refractivity contribution in [2.45, 2.75) is 24.8 Å². The molecule has 2 N–H and O–H groups in total. The highest BCUT2D eigenvalue weighted by Gasteiger charge is 2.30. The zero-order valence-corrected chi connectivity index (χ0v) is 19.1. The molecule has 11 heteroatoms. The molecule has 0 aliphatic carbocycles. The van der Waals surface area contributed by atoms with Crippen LogP contribution in [-0.2, 0) is 24.3 Å². The summed E-state index contributed by atoms with van der Waals surface area (Å²) in [5.74, 6) is -2.00. The molecule has 0 heterocycles. The summed E-state index contributed by atoms with van der Waals surface area (Å²) in [6, 6.07) is 9.14. The molecule has 0 aromatic heterocycles. The van der Waals surface area contributed by atoms with E-state index in [4.69, 9.17) is 39.5 Å². The van der Waals surface area contributed by atoms with E-state index in [2.05, 4.69) is 10.0 Å². The predicted molar refractivity (Wildman–Crippen MR) is 116 cm³/mol. The van der Waals surface area contributed by atoms with Gasteiger partial charge in [-0.1, -0.05) is 66.8 Å². The smallest absolute Gasteiger partial charge is 0.324 e. The van der Waals surface area contributed by atoms with E-state index in [0.29, 0.717) is 0 Å². The van der Waals surface area contributed by atoms with Crippen molar-refractivity contribution in [3.63, 3.8) is 0 Å². The van der Waals surface area contributed by atoms with E-state index in [1.54, 1.807) is 32.0 Å². The maximum atomic E-state index is 12.5. The van der Waals surface area contributed by atoms with Gasteiger partial charge in [0.25, 0.3) is 5.91 Å². The average molecular weight is 494 g/mol. The van der Waals surface area contributed by atoms with Gasteiger partial charge >= 0.3 is 5.97 Å². The van der Waals surface area contributed by atoms with Crippen LogP contribution in [0.25, 0.3) is 0 Å². The van der Waals surface area contributed by atoms with Crippen LogP contribution in [0.2, 0.25) is 15.1 Å². The van der Waals surface area contributed by atoms with E-state index in [9.17, 15) is 18.0 Å². The Morgan fingerprint density at radius 1 is 1.00 bits per heavy atom. The number of nitrogens with one attached hydrogen (secondary N) is 2. The van der Waals surface area contributed by atoms with Crippen molar-refractivity contribution in [3.8, 4) is 0 Å². The van der Waals surface area contributed by atoms with Gasteiger partial charge in [0.15, 0.2) is 6.61 Å². The first kappa shape index (κ1) is 24.4. The van der Waals surface area contributed by atoms with Crippen LogP contribution in [0.4, 0.5) is 5.69 Å². The molecule has 1 atom stereocenters. The SMILES string of the molecule is CC(C)[C@H](NS(=O)(=O)c1ccccc1)C(=O)OCC(=O)Nc1cc(Cl)c(Cl)cc1Cl. The molecule has 162 valence electrons. The van der Waals surface area contributed by atoms with Gasteiger partial charge in [-0.15, -0.1) is 0 Å². The van der Waals surface area contributed by atoms with Crippen molar-refractivity contribution < 1.29 is 22.7 Å². The highest BCUT2D eigenvalue weighted by molar-refractivity contribution is 7.89. The summed E-state index contributed by atoms with van der Waals surface area (Å²) in [6.07, 6.45) is 0. The van der Waals surface area contributed by atoms with E-state index in [-0.39, 0.29) is 25.7 Å². The number of carbonyl (C=O) groups is 2. The number of hydrogen-bond acceptors (Lipinski definition) is 5. The number of anilines is 1. The molecule has 0 aliphatic heterocycles. The first-order valence-corrected chi connectivity index (χ1v) is 11.3. The molecule has 0 saturated heterocycles. The van der Waals surface area contributed by atoms with Crippen LogP contribution in [0.1, 0.15) is 13.8 Å². The van der Waals surface area contributed by atoms with E-state index in [0.717, 1.165) is 0 Å². The molecule has 30 heavy (non-hydrogen) atoms. The van der Waals surface area contributed by atoms with Gasteiger partial charge in [0.1, 0.15) is 6.04 Å². The number of carbonyl (C=O) groups excluding carboxylic acids is 2. The second-order valence-corrected chi connectivity index (χ2v) is 9.49. The van der Waals surface area contributed by atoms with E-state index < -0.39 is 40.5 Å². The van der Waals surface area contributed by atoms with Crippen LogP contribution in [-0.4, -0.2) is 32.9 Å². The van der Waals surface area contributed by atoms with Crippen molar-refractivity contribution in [1.82, 2.24) is 4.72 Å². The number of ether oxygens (including phenoxy) is 1. The number of esters is 1. The monoisotopic (exact) mass is 492 g/mol. The van der Waals surface area contributed by atoms with Crippen LogP contribution in [0.3, 0.4) is 0 Å². The van der Waals surface area contributed by atoms with Crippen molar-refractivity contribution in [1.29, 1.82) is 0 Å². The predicted octanol–water partition coefficient (Wildman–Crippen LogP) is 4.13. The molecule has 0 radical (unpaired) electrons. The second kappa shape index (κ2) is 10.5. The van der Waals surface area contributed by atoms with E-state index >= 15 is 0 Å². The van der Waals surface area contributed by atoms with Gasteiger partial charge < -0.3 is 10.1 Å². The van der Waals surface area contributed by atoms with Crippen molar-refractivity contribution in [2.75, 3.05) is 11.9 Å². The number of sulfonamides is 1. The highest BCUT2D eigenvalue weighted by atomic mass is 35.5. The lowest BCUT2D eigenvalue weighted by molar-refractivity contribution is -0.150. The lowest BCUT2D eigenvalue weighted by Gasteiger charge is -2.20. The molecule has 2 aromatic carbocycles. The first-order valence-electron chi connectivity index (χ1n) is 8.69. The highest BCUT2D eigenvalue weighted by Crippen LogP contribution is 2.32. The molecular formula is C19H19Cl3N2O5S. The largest absolute Gasteiger partial charge is 0.454 e. The van der Waals surface area contributed by atoms with Crippen LogP contribution in [0, 0.1) is 5.92 Å². The van der Waals surface area contributed by atoms with Crippen LogP contribution in [0.15, 0.2) is 47.4 Å². The minimum absolute atomic E-state index is 0.00968. The fraction of sp³-hybridized carbons (Fsp3) is 0.263. The third kappa shape index (κ3) is 6.58. The second-order valence-electron chi connectivity index (χ2n) is 6.56.